The molecule has 2 heterocycles. The molecule has 0 bridgehead atoms. The van der Waals surface area contributed by atoms with Crippen molar-refractivity contribution in [3.63, 3.8) is 0 Å². The predicted octanol–water partition coefficient (Wildman–Crippen LogP) is 3.75. The second kappa shape index (κ2) is 11.0. The molecule has 1 unspecified atom stereocenters. The third-order valence-electron chi connectivity index (χ3n) is 6.84. The Morgan fingerprint density at radius 3 is 2.35 bits per heavy atom. The largest absolute Gasteiger partial charge is 0.493 e. The molecule has 40 heavy (non-hydrogen) atoms. The monoisotopic (exact) mass is 545 g/mol. The number of carboxylic acids is 1. The lowest BCUT2D eigenvalue weighted by molar-refractivity contribution is -0.152. The van der Waals surface area contributed by atoms with Crippen LogP contribution in [-0.2, 0) is 22.6 Å². The number of allylic oxidation sites excluding steroid dienone is 1. The maximum absolute atomic E-state index is 13.0. The minimum absolute atomic E-state index is 0.0915. The van der Waals surface area contributed by atoms with Crippen LogP contribution in [0.2, 0.25) is 0 Å². The Labute approximate surface area is 230 Å². The molecule has 0 spiro atoms. The van der Waals surface area contributed by atoms with Crippen molar-refractivity contribution in [2.24, 2.45) is 0 Å². The molecule has 2 aliphatic heterocycles. The number of ether oxygens (including phenoxy) is 5. The third kappa shape index (κ3) is 5.03. The van der Waals surface area contributed by atoms with E-state index in [4.69, 9.17) is 23.7 Å². The van der Waals surface area contributed by atoms with Crippen LogP contribution in [0.3, 0.4) is 0 Å². The molecule has 5 rings (SSSR count). The van der Waals surface area contributed by atoms with Crippen LogP contribution in [0.4, 0.5) is 0 Å². The van der Waals surface area contributed by atoms with E-state index in [2.05, 4.69) is 0 Å². The first-order chi connectivity index (χ1) is 19.3. The summed E-state index contributed by atoms with van der Waals surface area (Å²) < 4.78 is 27.6. The number of ketones is 1. The summed E-state index contributed by atoms with van der Waals surface area (Å²) in [6.45, 7) is -0.182. The summed E-state index contributed by atoms with van der Waals surface area (Å²) in [5.74, 6) is 0.118. The average Bonchev–Trinajstić information content (AvgIpc) is 3.28. The fraction of sp³-hybridized carbons (Fsp3) is 0.233. The molecule has 10 heteroatoms. The number of fused-ring (bicyclic) bond motifs is 2. The third-order valence-corrected chi connectivity index (χ3v) is 6.84. The van der Waals surface area contributed by atoms with E-state index in [1.165, 1.54) is 32.3 Å². The molecule has 0 saturated heterocycles. The van der Waals surface area contributed by atoms with Gasteiger partial charge in [-0.25, -0.2) is 4.79 Å². The van der Waals surface area contributed by atoms with E-state index in [0.717, 1.165) is 11.1 Å². The van der Waals surface area contributed by atoms with Gasteiger partial charge in [0.25, 0.3) is 5.91 Å². The van der Waals surface area contributed by atoms with Crippen LogP contribution >= 0.6 is 0 Å². The zero-order valence-corrected chi connectivity index (χ0v) is 22.1. The van der Waals surface area contributed by atoms with Gasteiger partial charge in [-0.1, -0.05) is 24.3 Å². The molecule has 10 nitrogen and oxygen atoms in total. The molecule has 1 N–H and O–H groups in total. The maximum atomic E-state index is 13.0. The second-order valence-corrected chi connectivity index (χ2v) is 9.19. The van der Waals surface area contributed by atoms with E-state index in [9.17, 15) is 19.5 Å². The number of benzene rings is 3. The Bertz CT molecular complexity index is 1500. The fourth-order valence-electron chi connectivity index (χ4n) is 4.83. The van der Waals surface area contributed by atoms with Crippen molar-refractivity contribution in [2.75, 3.05) is 27.9 Å². The van der Waals surface area contributed by atoms with E-state index < -0.39 is 17.9 Å². The SMILES string of the molecule is COc1cc(C=C2Oc3cc(OCC(=O)N4Cc5ccccc5CC4C(=O)O)ccc3C2=O)cc(OC)c1OC. The van der Waals surface area contributed by atoms with Crippen molar-refractivity contribution in [3.8, 4) is 28.7 Å². The number of rotatable bonds is 8. The molecule has 3 aromatic carbocycles. The van der Waals surface area contributed by atoms with Gasteiger partial charge in [0.05, 0.1) is 26.9 Å². The van der Waals surface area contributed by atoms with E-state index in [1.54, 1.807) is 30.3 Å². The Morgan fingerprint density at radius 1 is 1.00 bits per heavy atom. The number of aliphatic carboxylic acids is 1. The second-order valence-electron chi connectivity index (χ2n) is 9.19. The first kappa shape index (κ1) is 26.6. The van der Waals surface area contributed by atoms with Gasteiger partial charge in [0.2, 0.25) is 11.5 Å². The minimum atomic E-state index is -1.07. The zero-order valence-electron chi connectivity index (χ0n) is 22.1. The molecule has 206 valence electrons. The van der Waals surface area contributed by atoms with Gasteiger partial charge >= 0.3 is 5.97 Å². The van der Waals surface area contributed by atoms with Gasteiger partial charge in [-0.3, -0.25) is 9.59 Å². The first-order valence-electron chi connectivity index (χ1n) is 12.4. The Morgan fingerprint density at radius 2 is 1.70 bits per heavy atom. The maximum Gasteiger partial charge on any atom is 0.326 e. The van der Waals surface area contributed by atoms with E-state index >= 15 is 0 Å². The average molecular weight is 546 g/mol. The highest BCUT2D eigenvalue weighted by Crippen LogP contribution is 2.40. The number of carboxylic acid groups (broad SMARTS) is 1. The van der Waals surface area contributed by atoms with Gasteiger partial charge in [0, 0.05) is 19.0 Å². The van der Waals surface area contributed by atoms with Gasteiger partial charge in [-0.15, -0.1) is 0 Å². The van der Waals surface area contributed by atoms with E-state index in [1.807, 2.05) is 24.3 Å². The summed E-state index contributed by atoms with van der Waals surface area (Å²) in [6, 6.07) is 14.5. The van der Waals surface area contributed by atoms with Crippen LogP contribution < -0.4 is 23.7 Å². The van der Waals surface area contributed by atoms with Gasteiger partial charge < -0.3 is 33.7 Å². The number of carbonyl (C=O) groups is 3. The highest BCUT2D eigenvalue weighted by Gasteiger charge is 2.35. The fourth-order valence-corrected chi connectivity index (χ4v) is 4.83. The number of hydrogen-bond acceptors (Lipinski definition) is 8. The van der Waals surface area contributed by atoms with Crippen molar-refractivity contribution >= 4 is 23.7 Å². The minimum Gasteiger partial charge on any atom is -0.493 e. The Balaban J connectivity index is 1.30. The van der Waals surface area contributed by atoms with Crippen molar-refractivity contribution in [1.29, 1.82) is 0 Å². The molecule has 0 fully saturated rings. The lowest BCUT2D eigenvalue weighted by atomic mass is 9.94. The van der Waals surface area contributed by atoms with Gasteiger partial charge in [0.1, 0.15) is 17.5 Å². The van der Waals surface area contributed by atoms with Crippen LogP contribution in [0.5, 0.6) is 28.7 Å². The normalized spacial score (nSPS) is 16.6. The first-order valence-corrected chi connectivity index (χ1v) is 12.4. The standard InChI is InChI=1S/C30H27NO9/c1-36-25-11-17(12-26(37-2)29(25)38-3)10-24-28(33)21-9-8-20(14-23(21)40-24)39-16-27(32)31-15-19-7-5-4-6-18(19)13-22(31)30(34)35/h4-12,14,22H,13,15-16H2,1-3H3,(H,34,35). The van der Waals surface area contributed by atoms with Gasteiger partial charge in [0.15, 0.2) is 23.9 Å². The topological polar surface area (TPSA) is 121 Å². The van der Waals surface area contributed by atoms with Gasteiger partial charge in [-0.2, -0.15) is 0 Å². The Hall–Kier alpha value is -4.99. The quantitative estimate of drug-likeness (QED) is 0.422. The lowest BCUT2D eigenvalue weighted by Gasteiger charge is -2.34. The van der Waals surface area contributed by atoms with Crippen LogP contribution in [0.15, 0.2) is 60.4 Å². The smallest absolute Gasteiger partial charge is 0.326 e. The molecule has 0 aromatic heterocycles. The summed E-state index contributed by atoms with van der Waals surface area (Å²) in [4.78, 5) is 39.2. The van der Waals surface area contributed by atoms with Crippen molar-refractivity contribution in [1.82, 2.24) is 4.90 Å². The number of carbonyl (C=O) groups excluding carboxylic acids is 2. The molecular formula is C30H27NO9. The molecule has 2 aliphatic rings. The molecule has 1 atom stereocenters. The molecule has 0 radical (unpaired) electrons. The number of nitrogens with zero attached hydrogens (tertiary/aromatic N) is 1. The summed E-state index contributed by atoms with van der Waals surface area (Å²) in [5, 5.41) is 9.71. The molecule has 3 aromatic rings. The highest BCUT2D eigenvalue weighted by atomic mass is 16.5. The van der Waals surface area contributed by atoms with Crippen molar-refractivity contribution in [3.05, 3.63) is 82.6 Å². The van der Waals surface area contributed by atoms with Crippen LogP contribution in [0, 0.1) is 0 Å². The molecule has 1 amide bonds. The molecule has 0 aliphatic carbocycles. The summed E-state index contributed by atoms with van der Waals surface area (Å²) >= 11 is 0. The predicted molar refractivity (Wildman–Crippen MR) is 143 cm³/mol. The highest BCUT2D eigenvalue weighted by molar-refractivity contribution is 6.14. The van der Waals surface area contributed by atoms with Crippen LogP contribution in [0.25, 0.3) is 6.08 Å². The summed E-state index contributed by atoms with van der Waals surface area (Å²) in [6.07, 6.45) is 1.80. The number of methoxy groups -OCH3 is 3. The number of hydrogen-bond donors (Lipinski definition) is 1. The van der Waals surface area contributed by atoms with Crippen LogP contribution in [0.1, 0.15) is 27.0 Å². The van der Waals surface area contributed by atoms with E-state index in [0.29, 0.717) is 34.1 Å². The van der Waals surface area contributed by atoms with Crippen molar-refractivity contribution < 1.29 is 43.2 Å². The number of Topliss-reactive ketones (excluding diaryl/α,β-unsaturated/α-hetero) is 1. The van der Waals surface area contributed by atoms with Crippen LogP contribution in [-0.4, -0.2) is 61.6 Å². The van der Waals surface area contributed by atoms with Crippen molar-refractivity contribution in [2.45, 2.75) is 19.0 Å². The molecular weight excluding hydrogens is 518 g/mol. The Kier molecular flexibility index (Phi) is 7.33. The number of amides is 1. The van der Waals surface area contributed by atoms with E-state index in [-0.39, 0.29) is 36.9 Å². The van der Waals surface area contributed by atoms with Gasteiger partial charge in [-0.05, 0) is 47.0 Å². The molecule has 0 saturated carbocycles. The zero-order chi connectivity index (χ0) is 28.4. The lowest BCUT2D eigenvalue weighted by Crippen LogP contribution is -2.50. The summed E-state index contributed by atoms with van der Waals surface area (Å²) in [5.41, 5.74) is 2.76. The summed E-state index contributed by atoms with van der Waals surface area (Å²) in [7, 11) is 4.50.